The number of aromatic nitrogens is 3. The summed E-state index contributed by atoms with van der Waals surface area (Å²) in [6.07, 6.45) is 1.58. The maximum atomic E-state index is 5.41. The normalized spacial score (nSPS) is 10.4. The van der Waals surface area contributed by atoms with Crippen molar-refractivity contribution in [1.29, 1.82) is 0 Å². The summed E-state index contributed by atoms with van der Waals surface area (Å²) < 4.78 is 10.7. The Morgan fingerprint density at radius 2 is 1.93 bits per heavy atom. The predicted octanol–water partition coefficient (Wildman–Crippen LogP) is 4.10. The summed E-state index contributed by atoms with van der Waals surface area (Å²) in [5.74, 6) is 2.49. The zero-order valence-electron chi connectivity index (χ0n) is 15.9. The highest BCUT2D eigenvalue weighted by atomic mass is 16.5. The van der Waals surface area contributed by atoms with Gasteiger partial charge >= 0.3 is 0 Å². The first-order valence-electron chi connectivity index (χ1n) is 8.67. The Balaban J connectivity index is 1.91. The van der Waals surface area contributed by atoms with Gasteiger partial charge in [-0.15, -0.1) is 5.10 Å². The quantitative estimate of drug-likeness (QED) is 0.676. The van der Waals surface area contributed by atoms with Crippen LogP contribution < -0.4 is 19.7 Å². The van der Waals surface area contributed by atoms with E-state index in [1.807, 2.05) is 35.2 Å². The summed E-state index contributed by atoms with van der Waals surface area (Å²) >= 11 is 0. The van der Waals surface area contributed by atoms with Crippen LogP contribution in [0.2, 0.25) is 0 Å². The Morgan fingerprint density at radius 3 is 2.63 bits per heavy atom. The van der Waals surface area contributed by atoms with Crippen molar-refractivity contribution in [2.45, 2.75) is 13.8 Å². The molecule has 27 heavy (non-hydrogen) atoms. The molecule has 7 nitrogen and oxygen atoms in total. The SMILES string of the molecule is CCN(c1cccc(C)c1)c1nncc(Nc2cc(OC)ccc2OC)n1. The number of aryl methyl sites for hydroxylation is 1. The molecule has 0 unspecified atom stereocenters. The van der Waals surface area contributed by atoms with Crippen molar-refractivity contribution in [1.82, 2.24) is 15.2 Å². The van der Waals surface area contributed by atoms with Crippen LogP contribution in [0.4, 0.5) is 23.1 Å². The van der Waals surface area contributed by atoms with Crippen LogP contribution in [0.15, 0.2) is 48.7 Å². The zero-order chi connectivity index (χ0) is 19.2. The maximum Gasteiger partial charge on any atom is 0.251 e. The maximum absolute atomic E-state index is 5.41. The van der Waals surface area contributed by atoms with Crippen molar-refractivity contribution in [2.75, 3.05) is 31.0 Å². The number of ether oxygens (including phenoxy) is 2. The van der Waals surface area contributed by atoms with E-state index in [2.05, 4.69) is 46.5 Å². The third kappa shape index (κ3) is 4.25. The van der Waals surface area contributed by atoms with E-state index in [0.29, 0.717) is 17.5 Å². The second kappa shape index (κ2) is 8.35. The van der Waals surface area contributed by atoms with Crippen molar-refractivity contribution in [3.05, 3.63) is 54.2 Å². The van der Waals surface area contributed by atoms with Crippen molar-refractivity contribution >= 4 is 23.1 Å². The molecule has 0 aliphatic carbocycles. The number of nitrogens with one attached hydrogen (secondary N) is 1. The van der Waals surface area contributed by atoms with Crippen molar-refractivity contribution in [3.63, 3.8) is 0 Å². The van der Waals surface area contributed by atoms with Gasteiger partial charge in [0.15, 0.2) is 5.82 Å². The lowest BCUT2D eigenvalue weighted by Gasteiger charge is -2.21. The van der Waals surface area contributed by atoms with Crippen molar-refractivity contribution in [3.8, 4) is 11.5 Å². The zero-order valence-corrected chi connectivity index (χ0v) is 15.9. The van der Waals surface area contributed by atoms with Crippen LogP contribution in [0.5, 0.6) is 11.5 Å². The average molecular weight is 365 g/mol. The van der Waals surface area contributed by atoms with Gasteiger partial charge in [0.1, 0.15) is 11.5 Å². The van der Waals surface area contributed by atoms with Crippen LogP contribution >= 0.6 is 0 Å². The number of hydrogen-bond donors (Lipinski definition) is 1. The summed E-state index contributed by atoms with van der Waals surface area (Å²) in [5, 5.41) is 11.5. The lowest BCUT2D eigenvalue weighted by molar-refractivity contribution is 0.405. The highest BCUT2D eigenvalue weighted by Gasteiger charge is 2.13. The summed E-state index contributed by atoms with van der Waals surface area (Å²) in [7, 11) is 3.24. The number of hydrogen-bond acceptors (Lipinski definition) is 7. The van der Waals surface area contributed by atoms with Crippen LogP contribution in [-0.4, -0.2) is 35.9 Å². The summed E-state index contributed by atoms with van der Waals surface area (Å²) in [6.45, 7) is 4.83. The number of anilines is 4. The highest BCUT2D eigenvalue weighted by molar-refractivity contribution is 5.67. The number of benzene rings is 2. The fourth-order valence-corrected chi connectivity index (χ4v) is 2.75. The Morgan fingerprint density at radius 1 is 1.07 bits per heavy atom. The minimum atomic E-state index is 0.523. The van der Waals surface area contributed by atoms with Gasteiger partial charge in [-0.05, 0) is 43.7 Å². The molecule has 140 valence electrons. The molecule has 0 fully saturated rings. The molecule has 0 bridgehead atoms. The molecule has 0 saturated heterocycles. The molecule has 1 heterocycles. The van der Waals surface area contributed by atoms with Crippen LogP contribution in [-0.2, 0) is 0 Å². The lowest BCUT2D eigenvalue weighted by Crippen LogP contribution is -2.19. The molecule has 2 aromatic carbocycles. The minimum absolute atomic E-state index is 0.523. The Labute approximate surface area is 159 Å². The van der Waals surface area contributed by atoms with Crippen LogP contribution in [0.25, 0.3) is 0 Å². The standard InChI is InChI=1S/C20H23N5O2/c1-5-25(15-8-6-7-14(2)11-15)20-23-19(13-21-24-20)22-17-12-16(26-3)9-10-18(17)27-4/h6-13H,5H2,1-4H3,(H,22,23,24). The van der Waals surface area contributed by atoms with E-state index in [0.717, 1.165) is 23.7 Å². The highest BCUT2D eigenvalue weighted by Crippen LogP contribution is 2.31. The van der Waals surface area contributed by atoms with Gasteiger partial charge in [-0.25, -0.2) is 0 Å². The van der Waals surface area contributed by atoms with Gasteiger partial charge in [-0.1, -0.05) is 12.1 Å². The largest absolute Gasteiger partial charge is 0.497 e. The second-order valence-electron chi connectivity index (χ2n) is 5.92. The summed E-state index contributed by atoms with van der Waals surface area (Å²) in [5.41, 5.74) is 2.94. The van der Waals surface area contributed by atoms with Gasteiger partial charge in [-0.3, -0.25) is 0 Å². The average Bonchev–Trinajstić information content (AvgIpc) is 2.69. The first-order valence-corrected chi connectivity index (χ1v) is 8.67. The van der Waals surface area contributed by atoms with Gasteiger partial charge in [0.25, 0.3) is 5.95 Å². The molecule has 0 atom stereocenters. The third-order valence-corrected chi connectivity index (χ3v) is 4.09. The number of rotatable bonds is 7. The van der Waals surface area contributed by atoms with E-state index in [4.69, 9.17) is 9.47 Å². The van der Waals surface area contributed by atoms with Gasteiger partial charge in [0.2, 0.25) is 0 Å². The molecule has 1 aromatic heterocycles. The lowest BCUT2D eigenvalue weighted by atomic mass is 10.2. The van der Waals surface area contributed by atoms with Crippen LogP contribution in [0, 0.1) is 6.92 Å². The van der Waals surface area contributed by atoms with Crippen LogP contribution in [0.3, 0.4) is 0 Å². The van der Waals surface area contributed by atoms with Crippen molar-refractivity contribution in [2.24, 2.45) is 0 Å². The third-order valence-electron chi connectivity index (χ3n) is 4.09. The Kier molecular flexibility index (Phi) is 5.71. The van der Waals surface area contributed by atoms with E-state index in [1.54, 1.807) is 20.4 Å². The van der Waals surface area contributed by atoms with E-state index in [1.165, 1.54) is 5.56 Å². The van der Waals surface area contributed by atoms with Crippen molar-refractivity contribution < 1.29 is 9.47 Å². The Hall–Kier alpha value is -3.35. The van der Waals surface area contributed by atoms with Gasteiger partial charge in [0.05, 0.1) is 26.1 Å². The predicted molar refractivity (Wildman–Crippen MR) is 107 cm³/mol. The second-order valence-corrected chi connectivity index (χ2v) is 5.92. The number of nitrogens with zero attached hydrogens (tertiary/aromatic N) is 4. The number of methoxy groups -OCH3 is 2. The fraction of sp³-hybridized carbons (Fsp3) is 0.250. The first-order chi connectivity index (χ1) is 13.1. The van der Waals surface area contributed by atoms with E-state index >= 15 is 0 Å². The molecule has 0 spiro atoms. The molecule has 0 amide bonds. The van der Waals surface area contributed by atoms with Gasteiger partial charge in [0, 0.05) is 18.3 Å². The molecule has 0 radical (unpaired) electrons. The topological polar surface area (TPSA) is 72.4 Å². The van der Waals surface area contributed by atoms with Crippen LogP contribution in [0.1, 0.15) is 12.5 Å². The molecule has 1 N–H and O–H groups in total. The van der Waals surface area contributed by atoms with E-state index in [-0.39, 0.29) is 0 Å². The molecule has 7 heteroatoms. The summed E-state index contributed by atoms with van der Waals surface area (Å²) in [4.78, 5) is 6.63. The monoisotopic (exact) mass is 365 g/mol. The first kappa shape index (κ1) is 18.4. The smallest absolute Gasteiger partial charge is 0.251 e. The summed E-state index contributed by atoms with van der Waals surface area (Å²) in [6, 6.07) is 13.7. The molecule has 0 aliphatic heterocycles. The molecule has 3 aromatic rings. The molecule has 0 saturated carbocycles. The fourth-order valence-electron chi connectivity index (χ4n) is 2.75. The van der Waals surface area contributed by atoms with E-state index in [9.17, 15) is 0 Å². The Bertz CT molecular complexity index is 916. The molecule has 0 aliphatic rings. The minimum Gasteiger partial charge on any atom is -0.497 e. The van der Waals surface area contributed by atoms with Gasteiger partial charge < -0.3 is 19.7 Å². The molecular formula is C20H23N5O2. The molecule has 3 rings (SSSR count). The van der Waals surface area contributed by atoms with E-state index < -0.39 is 0 Å². The van der Waals surface area contributed by atoms with Gasteiger partial charge in [-0.2, -0.15) is 10.1 Å². The molecular weight excluding hydrogens is 342 g/mol.